The number of fused-ring (bicyclic) bond motifs is 1. The third-order valence-electron chi connectivity index (χ3n) is 2.66. The molecule has 0 fully saturated rings. The fourth-order valence-electron chi connectivity index (χ4n) is 1.79. The monoisotopic (exact) mass is 293 g/mol. The Morgan fingerprint density at radius 3 is 2.70 bits per heavy atom. The van der Waals surface area contributed by atoms with Gasteiger partial charge in [-0.3, -0.25) is 4.79 Å². The van der Waals surface area contributed by atoms with Crippen LogP contribution in [0.15, 0.2) is 23.1 Å². The van der Waals surface area contributed by atoms with Crippen molar-refractivity contribution in [2.24, 2.45) is 0 Å². The first-order valence-corrected chi connectivity index (χ1v) is 7.33. The van der Waals surface area contributed by atoms with Gasteiger partial charge in [0.05, 0.1) is 10.9 Å². The van der Waals surface area contributed by atoms with Crippen LogP contribution in [-0.2, 0) is 4.79 Å². The number of thioether (sulfide) groups is 1. The second kappa shape index (κ2) is 5.36. The van der Waals surface area contributed by atoms with Crippen LogP contribution in [0.2, 0.25) is 0 Å². The molecule has 0 aromatic heterocycles. The summed E-state index contributed by atoms with van der Waals surface area (Å²) in [5.41, 5.74) is 1.10. The van der Waals surface area contributed by atoms with Crippen molar-refractivity contribution >= 4 is 35.1 Å². The molecule has 0 saturated heterocycles. The molecule has 2 rings (SSSR count). The molecule has 0 radical (unpaired) electrons. The van der Waals surface area contributed by atoms with Gasteiger partial charge in [-0.05, 0) is 45.9 Å². The molecule has 1 aromatic carbocycles. The van der Waals surface area contributed by atoms with Crippen molar-refractivity contribution < 1.29 is 9.59 Å². The van der Waals surface area contributed by atoms with E-state index >= 15 is 0 Å². The predicted molar refractivity (Wildman–Crippen MR) is 82.3 cm³/mol. The highest BCUT2D eigenvalue weighted by Crippen LogP contribution is 2.36. The maximum absolute atomic E-state index is 11.8. The fourth-order valence-corrected chi connectivity index (χ4v) is 2.72. The molecule has 0 bridgehead atoms. The highest BCUT2D eigenvalue weighted by atomic mass is 32.2. The van der Waals surface area contributed by atoms with Gasteiger partial charge in [-0.25, -0.2) is 4.79 Å². The molecule has 3 amide bonds. The van der Waals surface area contributed by atoms with Crippen molar-refractivity contribution in [1.82, 2.24) is 5.32 Å². The lowest BCUT2D eigenvalue weighted by atomic mass is 10.1. The van der Waals surface area contributed by atoms with Crippen molar-refractivity contribution in [2.75, 3.05) is 10.6 Å². The molecule has 1 unspecified atom stereocenters. The quantitative estimate of drug-likeness (QED) is 0.745. The Bertz CT molecular complexity index is 552. The molecule has 20 heavy (non-hydrogen) atoms. The van der Waals surface area contributed by atoms with Gasteiger partial charge in [0.15, 0.2) is 0 Å². The van der Waals surface area contributed by atoms with Crippen molar-refractivity contribution in [1.29, 1.82) is 0 Å². The number of nitrogens with one attached hydrogen (secondary N) is 3. The van der Waals surface area contributed by atoms with E-state index in [4.69, 9.17) is 0 Å². The number of benzene rings is 1. The van der Waals surface area contributed by atoms with Gasteiger partial charge >= 0.3 is 6.03 Å². The molecule has 1 aliphatic rings. The topological polar surface area (TPSA) is 70.2 Å². The standard InChI is InChI=1S/C14H19N3O2S/c1-8-12(18)16-10-7-9(5-6-11(10)20-8)15-13(19)17-14(2,3)4/h5-8H,1-4H3,(H,16,18)(H2,15,17,19). The normalized spacial score (nSPS) is 18.0. The molecular formula is C14H19N3O2S. The smallest absolute Gasteiger partial charge is 0.319 e. The first kappa shape index (κ1) is 14.7. The summed E-state index contributed by atoms with van der Waals surface area (Å²) >= 11 is 1.52. The molecule has 108 valence electrons. The van der Waals surface area contributed by atoms with E-state index in [9.17, 15) is 9.59 Å². The summed E-state index contributed by atoms with van der Waals surface area (Å²) in [6, 6.07) is 5.25. The summed E-state index contributed by atoms with van der Waals surface area (Å²) in [6.07, 6.45) is 0. The minimum atomic E-state index is -0.294. The SMILES string of the molecule is CC1Sc2ccc(NC(=O)NC(C)(C)C)cc2NC1=O. The maximum atomic E-state index is 11.8. The van der Waals surface area contributed by atoms with E-state index in [1.165, 1.54) is 11.8 Å². The van der Waals surface area contributed by atoms with Gasteiger partial charge in [-0.1, -0.05) is 0 Å². The third-order valence-corrected chi connectivity index (χ3v) is 3.83. The number of amides is 3. The zero-order valence-electron chi connectivity index (χ0n) is 12.0. The molecule has 3 N–H and O–H groups in total. The van der Waals surface area contributed by atoms with Gasteiger partial charge in [0.25, 0.3) is 0 Å². The first-order chi connectivity index (χ1) is 9.24. The second-order valence-corrected chi connectivity index (χ2v) is 7.17. The van der Waals surface area contributed by atoms with Crippen molar-refractivity contribution in [3.05, 3.63) is 18.2 Å². The summed E-state index contributed by atoms with van der Waals surface area (Å²) in [4.78, 5) is 24.5. The number of carbonyl (C=O) groups is 2. The maximum Gasteiger partial charge on any atom is 0.319 e. The number of hydrogen-bond donors (Lipinski definition) is 3. The Balaban J connectivity index is 2.10. The van der Waals surface area contributed by atoms with Gasteiger partial charge in [-0.15, -0.1) is 11.8 Å². The van der Waals surface area contributed by atoms with Crippen LogP contribution in [-0.4, -0.2) is 22.7 Å². The summed E-state index contributed by atoms with van der Waals surface area (Å²) in [6.45, 7) is 7.61. The Morgan fingerprint density at radius 2 is 2.05 bits per heavy atom. The Morgan fingerprint density at radius 1 is 1.35 bits per heavy atom. The van der Waals surface area contributed by atoms with Gasteiger partial charge in [0.2, 0.25) is 5.91 Å². The highest BCUT2D eigenvalue weighted by molar-refractivity contribution is 8.00. The molecule has 0 aliphatic carbocycles. The molecule has 5 nitrogen and oxygen atoms in total. The number of rotatable bonds is 1. The molecule has 0 saturated carbocycles. The van der Waals surface area contributed by atoms with E-state index in [2.05, 4.69) is 16.0 Å². The lowest BCUT2D eigenvalue weighted by molar-refractivity contribution is -0.115. The molecule has 1 heterocycles. The lowest BCUT2D eigenvalue weighted by Crippen LogP contribution is -2.43. The van der Waals surface area contributed by atoms with Gasteiger partial charge in [0, 0.05) is 16.1 Å². The Labute approximate surface area is 122 Å². The minimum Gasteiger partial charge on any atom is -0.333 e. The Hall–Kier alpha value is -1.69. The summed E-state index contributed by atoms with van der Waals surface area (Å²) in [7, 11) is 0. The molecule has 0 spiro atoms. The number of hydrogen-bond acceptors (Lipinski definition) is 3. The van der Waals surface area contributed by atoms with Crippen LogP contribution in [0.4, 0.5) is 16.2 Å². The third kappa shape index (κ3) is 3.66. The number of urea groups is 1. The molecule has 6 heteroatoms. The average molecular weight is 293 g/mol. The van der Waals surface area contributed by atoms with Crippen LogP contribution in [0.5, 0.6) is 0 Å². The summed E-state index contributed by atoms with van der Waals surface area (Å²) < 4.78 is 0. The van der Waals surface area contributed by atoms with Gasteiger partial charge in [0.1, 0.15) is 0 Å². The second-order valence-electron chi connectivity index (χ2n) is 5.79. The molecular weight excluding hydrogens is 274 g/mol. The van der Waals surface area contributed by atoms with E-state index < -0.39 is 0 Å². The number of carbonyl (C=O) groups excluding carboxylic acids is 2. The first-order valence-electron chi connectivity index (χ1n) is 6.45. The van der Waals surface area contributed by atoms with E-state index in [0.29, 0.717) is 5.69 Å². The van der Waals surface area contributed by atoms with E-state index in [1.54, 1.807) is 6.07 Å². The molecule has 1 aliphatic heterocycles. The average Bonchev–Trinajstić information content (AvgIpc) is 2.28. The summed E-state index contributed by atoms with van der Waals surface area (Å²) in [5.74, 6) is -0.0150. The molecule has 1 atom stereocenters. The minimum absolute atomic E-state index is 0.0150. The van der Waals surface area contributed by atoms with E-state index in [0.717, 1.165) is 10.6 Å². The lowest BCUT2D eigenvalue weighted by Gasteiger charge is -2.23. The zero-order valence-corrected chi connectivity index (χ0v) is 12.9. The van der Waals surface area contributed by atoms with Crippen molar-refractivity contribution in [2.45, 2.75) is 43.4 Å². The fraction of sp³-hybridized carbons (Fsp3) is 0.429. The summed E-state index contributed by atoms with van der Waals surface area (Å²) in [5, 5.41) is 8.33. The Kier molecular flexibility index (Phi) is 3.94. The van der Waals surface area contributed by atoms with Crippen LogP contribution in [0.1, 0.15) is 27.7 Å². The van der Waals surface area contributed by atoms with Crippen molar-refractivity contribution in [3.63, 3.8) is 0 Å². The largest absolute Gasteiger partial charge is 0.333 e. The van der Waals surface area contributed by atoms with Crippen LogP contribution in [0, 0.1) is 0 Å². The van der Waals surface area contributed by atoms with Crippen LogP contribution >= 0.6 is 11.8 Å². The van der Waals surface area contributed by atoms with Gasteiger partial charge < -0.3 is 16.0 Å². The predicted octanol–water partition coefficient (Wildman–Crippen LogP) is 3.04. The highest BCUT2D eigenvalue weighted by Gasteiger charge is 2.23. The molecule has 1 aromatic rings. The van der Waals surface area contributed by atoms with E-state index in [-0.39, 0.29) is 22.7 Å². The zero-order chi connectivity index (χ0) is 14.9. The van der Waals surface area contributed by atoms with Crippen LogP contribution in [0.25, 0.3) is 0 Å². The van der Waals surface area contributed by atoms with E-state index in [1.807, 2.05) is 39.8 Å². The van der Waals surface area contributed by atoms with Crippen molar-refractivity contribution in [3.8, 4) is 0 Å². The van der Waals surface area contributed by atoms with Gasteiger partial charge in [-0.2, -0.15) is 0 Å². The van der Waals surface area contributed by atoms with Crippen LogP contribution < -0.4 is 16.0 Å². The number of anilines is 2. The van der Waals surface area contributed by atoms with Crippen LogP contribution in [0.3, 0.4) is 0 Å².